The van der Waals surface area contributed by atoms with E-state index in [0.717, 1.165) is 11.5 Å². The molecule has 1 aromatic carbocycles. The fourth-order valence-corrected chi connectivity index (χ4v) is 1.66. The second-order valence-electron chi connectivity index (χ2n) is 4.30. The van der Waals surface area contributed by atoms with Crippen molar-refractivity contribution in [3.05, 3.63) is 48.6 Å². The van der Waals surface area contributed by atoms with E-state index in [0.29, 0.717) is 12.0 Å². The molecular formula is C15H19NO3. The molecule has 0 aromatic heterocycles. The molecule has 0 bridgehead atoms. The predicted octanol–water partition coefficient (Wildman–Crippen LogP) is 2.96. The largest absolute Gasteiger partial charge is 0.363 e. The van der Waals surface area contributed by atoms with E-state index < -0.39 is 5.97 Å². The summed E-state index contributed by atoms with van der Waals surface area (Å²) in [5, 5.41) is 1.12. The van der Waals surface area contributed by atoms with Crippen LogP contribution in [0.2, 0.25) is 0 Å². The van der Waals surface area contributed by atoms with Crippen molar-refractivity contribution in [2.75, 3.05) is 0 Å². The number of nitrogens with zero attached hydrogens (tertiary/aromatic N) is 1. The van der Waals surface area contributed by atoms with E-state index in [1.165, 1.54) is 6.92 Å². The molecule has 1 atom stereocenters. The summed E-state index contributed by atoms with van der Waals surface area (Å²) >= 11 is 0. The highest BCUT2D eigenvalue weighted by molar-refractivity contribution is 5.90. The zero-order valence-corrected chi connectivity index (χ0v) is 11.3. The van der Waals surface area contributed by atoms with E-state index in [4.69, 9.17) is 4.84 Å². The lowest BCUT2D eigenvalue weighted by Gasteiger charge is -2.25. The van der Waals surface area contributed by atoms with Crippen LogP contribution in [-0.2, 0) is 9.63 Å². The van der Waals surface area contributed by atoms with Crippen LogP contribution in [0.1, 0.15) is 37.0 Å². The average molecular weight is 261 g/mol. The molecule has 0 saturated carbocycles. The first-order chi connectivity index (χ1) is 9.06. The van der Waals surface area contributed by atoms with Gasteiger partial charge in [0.05, 0.1) is 11.6 Å². The Morgan fingerprint density at radius 1 is 1.37 bits per heavy atom. The number of carbonyl (C=O) groups excluding carboxylic acids is 2. The molecule has 102 valence electrons. The summed E-state index contributed by atoms with van der Waals surface area (Å²) in [5.41, 5.74) is 0.421. The van der Waals surface area contributed by atoms with Crippen LogP contribution in [0.3, 0.4) is 0 Å². The topological polar surface area (TPSA) is 46.6 Å². The van der Waals surface area contributed by atoms with Crippen molar-refractivity contribution in [1.29, 1.82) is 0 Å². The van der Waals surface area contributed by atoms with Crippen LogP contribution >= 0.6 is 0 Å². The first-order valence-electron chi connectivity index (χ1n) is 6.24. The van der Waals surface area contributed by atoms with Crippen molar-refractivity contribution in [3.63, 3.8) is 0 Å². The Morgan fingerprint density at radius 2 is 2.00 bits per heavy atom. The molecule has 0 heterocycles. The van der Waals surface area contributed by atoms with Crippen molar-refractivity contribution in [1.82, 2.24) is 5.06 Å². The van der Waals surface area contributed by atoms with Gasteiger partial charge in [0, 0.05) is 6.92 Å². The van der Waals surface area contributed by atoms with E-state index in [1.54, 1.807) is 30.3 Å². The van der Waals surface area contributed by atoms with Gasteiger partial charge in [0.2, 0.25) is 0 Å². The lowest BCUT2D eigenvalue weighted by atomic mass is 10.2. The van der Waals surface area contributed by atoms with Gasteiger partial charge < -0.3 is 4.84 Å². The van der Waals surface area contributed by atoms with Gasteiger partial charge in [-0.1, -0.05) is 24.3 Å². The summed E-state index contributed by atoms with van der Waals surface area (Å²) in [4.78, 5) is 28.6. The second-order valence-corrected chi connectivity index (χ2v) is 4.30. The van der Waals surface area contributed by atoms with Gasteiger partial charge in [-0.05, 0) is 31.9 Å². The van der Waals surface area contributed by atoms with Crippen LogP contribution < -0.4 is 0 Å². The Bertz CT molecular complexity index is 442. The van der Waals surface area contributed by atoms with Gasteiger partial charge in [-0.25, -0.2) is 4.79 Å². The minimum absolute atomic E-state index is 0.178. The Morgan fingerprint density at radius 3 is 2.53 bits per heavy atom. The molecule has 4 nitrogen and oxygen atoms in total. The normalized spacial score (nSPS) is 11.5. The molecule has 0 spiro atoms. The molecule has 1 amide bonds. The van der Waals surface area contributed by atoms with Crippen molar-refractivity contribution in [3.8, 4) is 0 Å². The zero-order chi connectivity index (χ0) is 14.3. The van der Waals surface area contributed by atoms with E-state index in [9.17, 15) is 9.59 Å². The Balaban J connectivity index is 2.71. The molecule has 0 radical (unpaired) electrons. The maximum Gasteiger partial charge on any atom is 0.363 e. The van der Waals surface area contributed by atoms with E-state index in [1.807, 2.05) is 13.0 Å². The Kier molecular flexibility index (Phi) is 5.79. The van der Waals surface area contributed by atoms with Crippen LogP contribution in [0.25, 0.3) is 0 Å². The molecular weight excluding hydrogens is 242 g/mol. The summed E-state index contributed by atoms with van der Waals surface area (Å²) in [7, 11) is 0. The van der Waals surface area contributed by atoms with Gasteiger partial charge in [0.15, 0.2) is 0 Å². The summed E-state index contributed by atoms with van der Waals surface area (Å²) in [6, 6.07) is 8.42. The van der Waals surface area contributed by atoms with Gasteiger partial charge >= 0.3 is 5.97 Å². The third kappa shape index (κ3) is 4.58. The van der Waals surface area contributed by atoms with Gasteiger partial charge in [-0.2, -0.15) is 5.06 Å². The fourth-order valence-electron chi connectivity index (χ4n) is 1.66. The van der Waals surface area contributed by atoms with Crippen molar-refractivity contribution < 1.29 is 14.4 Å². The Labute approximate surface area is 113 Å². The fraction of sp³-hybridized carbons (Fsp3) is 0.333. The Hall–Kier alpha value is -2.10. The lowest BCUT2D eigenvalue weighted by molar-refractivity contribution is -0.174. The summed E-state index contributed by atoms with van der Waals surface area (Å²) in [6.45, 7) is 6.85. The van der Waals surface area contributed by atoms with Crippen molar-refractivity contribution in [2.45, 2.75) is 32.7 Å². The molecule has 1 aromatic rings. The van der Waals surface area contributed by atoms with Crippen LogP contribution in [0.5, 0.6) is 0 Å². The highest BCUT2D eigenvalue weighted by Gasteiger charge is 2.21. The van der Waals surface area contributed by atoms with Crippen LogP contribution in [0.4, 0.5) is 0 Å². The van der Waals surface area contributed by atoms with Gasteiger partial charge in [-0.3, -0.25) is 4.79 Å². The SMILES string of the molecule is C=CCCC(C)N(OC(=O)c1ccccc1)C(C)=O. The lowest BCUT2D eigenvalue weighted by Crippen LogP contribution is -2.38. The molecule has 0 aliphatic rings. The van der Waals surface area contributed by atoms with E-state index >= 15 is 0 Å². The third-order valence-corrected chi connectivity index (χ3v) is 2.69. The van der Waals surface area contributed by atoms with E-state index in [-0.39, 0.29) is 11.9 Å². The second kappa shape index (κ2) is 7.36. The number of amides is 1. The minimum Gasteiger partial charge on any atom is -0.332 e. The minimum atomic E-state index is -0.527. The highest BCUT2D eigenvalue weighted by Crippen LogP contribution is 2.11. The maximum absolute atomic E-state index is 11.9. The molecule has 4 heteroatoms. The number of benzene rings is 1. The number of hydroxylamine groups is 2. The standard InChI is InChI=1S/C15H19NO3/c1-4-5-9-12(2)16(13(3)17)19-15(18)14-10-7-6-8-11-14/h4,6-8,10-12H,1,5,9H2,2-3H3. The first-order valence-corrected chi connectivity index (χ1v) is 6.24. The third-order valence-electron chi connectivity index (χ3n) is 2.69. The molecule has 0 fully saturated rings. The van der Waals surface area contributed by atoms with Gasteiger partial charge in [0.25, 0.3) is 5.91 Å². The average Bonchev–Trinajstić information content (AvgIpc) is 2.42. The monoisotopic (exact) mass is 261 g/mol. The maximum atomic E-state index is 11.9. The van der Waals surface area contributed by atoms with Crippen molar-refractivity contribution in [2.24, 2.45) is 0 Å². The zero-order valence-electron chi connectivity index (χ0n) is 11.3. The smallest absolute Gasteiger partial charge is 0.332 e. The first kappa shape index (κ1) is 15.0. The van der Waals surface area contributed by atoms with Gasteiger partial charge in [-0.15, -0.1) is 6.58 Å². The molecule has 0 aliphatic heterocycles. The van der Waals surface area contributed by atoms with Crippen molar-refractivity contribution >= 4 is 11.9 Å². The van der Waals surface area contributed by atoms with Crippen LogP contribution in [0.15, 0.2) is 43.0 Å². The van der Waals surface area contributed by atoms with E-state index in [2.05, 4.69) is 6.58 Å². The summed E-state index contributed by atoms with van der Waals surface area (Å²) in [6.07, 6.45) is 3.23. The molecule has 1 rings (SSSR count). The molecule has 1 unspecified atom stereocenters. The number of allylic oxidation sites excluding steroid dienone is 1. The molecule has 0 saturated heterocycles. The number of rotatable bonds is 5. The summed E-state index contributed by atoms with van der Waals surface area (Å²) < 4.78 is 0. The van der Waals surface area contributed by atoms with Crippen LogP contribution in [0, 0.1) is 0 Å². The highest BCUT2D eigenvalue weighted by atomic mass is 16.7. The molecule has 0 N–H and O–H groups in total. The summed E-state index contributed by atoms with van der Waals surface area (Å²) in [5.74, 6) is -0.818. The van der Waals surface area contributed by atoms with Gasteiger partial charge in [0.1, 0.15) is 0 Å². The van der Waals surface area contributed by atoms with Crippen LogP contribution in [-0.4, -0.2) is 23.0 Å². The predicted molar refractivity (Wildman–Crippen MR) is 73.3 cm³/mol. The number of carbonyl (C=O) groups is 2. The number of hydrogen-bond donors (Lipinski definition) is 0. The molecule has 0 aliphatic carbocycles. The molecule has 19 heavy (non-hydrogen) atoms. The quantitative estimate of drug-likeness (QED) is 0.604. The number of hydrogen-bond acceptors (Lipinski definition) is 3.